The minimum Gasteiger partial charge on any atom is -0.396 e. The number of aliphatic hydroxyl groups is 2. The van der Waals surface area contributed by atoms with Gasteiger partial charge in [0.25, 0.3) is 0 Å². The van der Waals surface area contributed by atoms with E-state index < -0.39 is 5.79 Å². The topological polar surface area (TPSA) is 49.7 Å². The molecule has 1 aromatic carbocycles. The quantitative estimate of drug-likeness (QED) is 0.715. The van der Waals surface area contributed by atoms with Crippen LogP contribution in [-0.2, 0) is 11.2 Å². The van der Waals surface area contributed by atoms with Crippen molar-refractivity contribution < 1.29 is 14.9 Å². The summed E-state index contributed by atoms with van der Waals surface area (Å²) in [5.41, 5.74) is 1.25. The molecule has 1 aromatic rings. The molecule has 1 rings (SSSR count). The molecular weight excluding hydrogens is 216 g/mol. The highest BCUT2D eigenvalue weighted by Crippen LogP contribution is 2.16. The van der Waals surface area contributed by atoms with E-state index in [1.54, 1.807) is 13.8 Å². The summed E-state index contributed by atoms with van der Waals surface area (Å²) in [5, 5.41) is 18.6. The van der Waals surface area contributed by atoms with Crippen molar-refractivity contribution in [1.82, 2.24) is 0 Å². The first-order valence-corrected chi connectivity index (χ1v) is 6.06. The van der Waals surface area contributed by atoms with Crippen molar-refractivity contribution in [2.45, 2.75) is 45.0 Å². The second kappa shape index (κ2) is 6.74. The highest BCUT2D eigenvalue weighted by molar-refractivity contribution is 5.14. The summed E-state index contributed by atoms with van der Waals surface area (Å²) < 4.78 is 5.50. The Labute approximate surface area is 103 Å². The highest BCUT2D eigenvalue weighted by atomic mass is 16.6. The fourth-order valence-electron chi connectivity index (χ4n) is 1.79. The van der Waals surface area contributed by atoms with Crippen LogP contribution < -0.4 is 0 Å². The monoisotopic (exact) mass is 238 g/mol. The zero-order valence-electron chi connectivity index (χ0n) is 10.6. The molecule has 0 fully saturated rings. The Morgan fingerprint density at radius 2 is 1.82 bits per heavy atom. The third-order valence-corrected chi connectivity index (χ3v) is 2.50. The summed E-state index contributed by atoms with van der Waals surface area (Å²) in [6.07, 6.45) is 2.13. The van der Waals surface area contributed by atoms with Crippen LogP contribution in [0.5, 0.6) is 0 Å². The van der Waals surface area contributed by atoms with Gasteiger partial charge in [-0.15, -0.1) is 0 Å². The average molecular weight is 238 g/mol. The van der Waals surface area contributed by atoms with Crippen molar-refractivity contribution in [3.05, 3.63) is 35.9 Å². The number of aryl methyl sites for hydroxylation is 1. The summed E-state index contributed by atoms with van der Waals surface area (Å²) in [4.78, 5) is 0. The van der Waals surface area contributed by atoms with Crippen LogP contribution in [0.25, 0.3) is 0 Å². The molecule has 0 unspecified atom stereocenters. The number of hydrogen-bond donors (Lipinski definition) is 2. The minimum atomic E-state index is -1.14. The van der Waals surface area contributed by atoms with Gasteiger partial charge in [-0.05, 0) is 38.7 Å². The molecule has 2 N–H and O–H groups in total. The van der Waals surface area contributed by atoms with Crippen LogP contribution in [0.4, 0.5) is 0 Å². The van der Waals surface area contributed by atoms with Gasteiger partial charge >= 0.3 is 0 Å². The van der Waals surface area contributed by atoms with Gasteiger partial charge in [0.05, 0.1) is 6.10 Å². The standard InChI is InChI=1S/C14H22O3/c1-14(2,16)17-13(10-11-15)9-8-12-6-4-3-5-7-12/h3-7,13,15-16H,8-11H2,1-2H3/t13-/m0/s1. The van der Waals surface area contributed by atoms with Crippen molar-refractivity contribution in [3.8, 4) is 0 Å². The Balaban J connectivity index is 2.44. The lowest BCUT2D eigenvalue weighted by Crippen LogP contribution is -2.31. The molecule has 0 amide bonds. The van der Waals surface area contributed by atoms with Crippen LogP contribution >= 0.6 is 0 Å². The van der Waals surface area contributed by atoms with Crippen molar-refractivity contribution in [2.24, 2.45) is 0 Å². The molecular formula is C14H22O3. The van der Waals surface area contributed by atoms with Crippen LogP contribution in [0.1, 0.15) is 32.3 Å². The maximum Gasteiger partial charge on any atom is 0.160 e. The smallest absolute Gasteiger partial charge is 0.160 e. The third kappa shape index (κ3) is 6.41. The molecule has 3 nitrogen and oxygen atoms in total. The van der Waals surface area contributed by atoms with Gasteiger partial charge < -0.3 is 14.9 Å². The van der Waals surface area contributed by atoms with E-state index in [1.165, 1.54) is 5.56 Å². The first-order valence-electron chi connectivity index (χ1n) is 6.06. The number of hydrogen-bond acceptors (Lipinski definition) is 3. The van der Waals surface area contributed by atoms with E-state index in [0.717, 1.165) is 12.8 Å². The molecule has 96 valence electrons. The molecule has 3 heteroatoms. The lowest BCUT2D eigenvalue weighted by molar-refractivity contribution is -0.209. The normalized spacial score (nSPS) is 13.6. The molecule has 0 spiro atoms. The molecule has 0 heterocycles. The van der Waals surface area contributed by atoms with Crippen LogP contribution in [0.3, 0.4) is 0 Å². The molecule has 0 saturated heterocycles. The summed E-state index contributed by atoms with van der Waals surface area (Å²) >= 11 is 0. The number of rotatable bonds is 7. The van der Waals surface area contributed by atoms with E-state index in [4.69, 9.17) is 9.84 Å². The van der Waals surface area contributed by atoms with E-state index in [2.05, 4.69) is 12.1 Å². The maximum atomic E-state index is 9.61. The van der Waals surface area contributed by atoms with Crippen LogP contribution in [-0.4, -0.2) is 28.7 Å². The molecule has 0 radical (unpaired) electrons. The maximum absolute atomic E-state index is 9.61. The van der Waals surface area contributed by atoms with Gasteiger partial charge in [0.1, 0.15) is 0 Å². The number of ether oxygens (including phenoxy) is 1. The van der Waals surface area contributed by atoms with Crippen molar-refractivity contribution in [1.29, 1.82) is 0 Å². The Morgan fingerprint density at radius 1 is 1.18 bits per heavy atom. The summed E-state index contributed by atoms with van der Waals surface area (Å²) in [5.74, 6) is -1.14. The van der Waals surface area contributed by atoms with E-state index >= 15 is 0 Å². The van der Waals surface area contributed by atoms with E-state index in [-0.39, 0.29) is 12.7 Å². The minimum absolute atomic E-state index is 0.0789. The first-order chi connectivity index (χ1) is 8.01. The Kier molecular flexibility index (Phi) is 5.62. The molecule has 0 bridgehead atoms. The second-order valence-corrected chi connectivity index (χ2v) is 4.72. The van der Waals surface area contributed by atoms with Gasteiger partial charge in [0.2, 0.25) is 0 Å². The average Bonchev–Trinajstić information content (AvgIpc) is 2.26. The van der Waals surface area contributed by atoms with Crippen LogP contribution in [0, 0.1) is 0 Å². The Hall–Kier alpha value is -0.900. The fraction of sp³-hybridized carbons (Fsp3) is 0.571. The molecule has 0 saturated carbocycles. The van der Waals surface area contributed by atoms with Crippen LogP contribution in [0.15, 0.2) is 30.3 Å². The lowest BCUT2D eigenvalue weighted by atomic mass is 10.0. The molecule has 0 aliphatic carbocycles. The predicted molar refractivity (Wildman–Crippen MR) is 67.6 cm³/mol. The highest BCUT2D eigenvalue weighted by Gasteiger charge is 2.19. The first kappa shape index (κ1) is 14.2. The van der Waals surface area contributed by atoms with E-state index in [0.29, 0.717) is 6.42 Å². The van der Waals surface area contributed by atoms with E-state index in [1.807, 2.05) is 18.2 Å². The SMILES string of the molecule is CC(C)(O)O[C@H](CCO)CCc1ccccc1. The lowest BCUT2D eigenvalue weighted by Gasteiger charge is -2.26. The van der Waals surface area contributed by atoms with Crippen molar-refractivity contribution in [2.75, 3.05) is 6.61 Å². The molecule has 0 aliphatic heterocycles. The summed E-state index contributed by atoms with van der Waals surface area (Å²) in [7, 11) is 0. The van der Waals surface area contributed by atoms with Gasteiger partial charge in [-0.1, -0.05) is 30.3 Å². The summed E-state index contributed by atoms with van der Waals surface area (Å²) in [6, 6.07) is 10.1. The van der Waals surface area contributed by atoms with E-state index in [9.17, 15) is 5.11 Å². The van der Waals surface area contributed by atoms with Gasteiger partial charge in [-0.2, -0.15) is 0 Å². The predicted octanol–water partition coefficient (Wildman–Crippen LogP) is 2.12. The van der Waals surface area contributed by atoms with Crippen LogP contribution in [0.2, 0.25) is 0 Å². The molecule has 17 heavy (non-hydrogen) atoms. The van der Waals surface area contributed by atoms with Crippen molar-refractivity contribution >= 4 is 0 Å². The second-order valence-electron chi connectivity index (χ2n) is 4.72. The number of aliphatic hydroxyl groups excluding tert-OH is 1. The van der Waals surface area contributed by atoms with Gasteiger partial charge in [-0.25, -0.2) is 0 Å². The largest absolute Gasteiger partial charge is 0.396 e. The molecule has 0 aliphatic rings. The summed E-state index contributed by atoms with van der Waals surface area (Å²) in [6.45, 7) is 3.30. The Morgan fingerprint density at radius 3 is 2.35 bits per heavy atom. The Bertz CT molecular complexity index is 303. The third-order valence-electron chi connectivity index (χ3n) is 2.50. The zero-order valence-corrected chi connectivity index (χ0v) is 10.6. The molecule has 0 aromatic heterocycles. The zero-order chi connectivity index (χ0) is 12.7. The van der Waals surface area contributed by atoms with Crippen molar-refractivity contribution in [3.63, 3.8) is 0 Å². The van der Waals surface area contributed by atoms with Gasteiger partial charge in [-0.3, -0.25) is 0 Å². The molecule has 1 atom stereocenters. The fourth-order valence-corrected chi connectivity index (χ4v) is 1.79. The number of benzene rings is 1. The van der Waals surface area contributed by atoms with Gasteiger partial charge in [0.15, 0.2) is 5.79 Å². The van der Waals surface area contributed by atoms with Gasteiger partial charge in [0, 0.05) is 6.61 Å².